The molecule has 0 amide bonds. The van der Waals surface area contributed by atoms with Gasteiger partial charge in [0.2, 0.25) is 0 Å². The zero-order chi connectivity index (χ0) is 8.65. The molecular weight excluding hydrogens is 152 g/mol. The Morgan fingerprint density at radius 3 is 3.17 bits per heavy atom. The quantitative estimate of drug-likeness (QED) is 0.568. The lowest BCUT2D eigenvalue weighted by Gasteiger charge is -2.10. The van der Waals surface area contributed by atoms with Crippen LogP contribution >= 0.6 is 0 Å². The highest BCUT2D eigenvalue weighted by Gasteiger charge is 2.12. The molecule has 2 N–H and O–H groups in total. The first-order valence-electron chi connectivity index (χ1n) is 4.86. The average molecular weight is 172 g/mol. The van der Waals surface area contributed by atoms with E-state index >= 15 is 0 Å². The van der Waals surface area contributed by atoms with Gasteiger partial charge in [0.15, 0.2) is 0 Å². The van der Waals surface area contributed by atoms with Crippen LogP contribution in [0.3, 0.4) is 0 Å². The molecule has 0 radical (unpaired) electrons. The summed E-state index contributed by atoms with van der Waals surface area (Å²) in [5.74, 6) is 0. The minimum absolute atomic E-state index is 0.715. The van der Waals surface area contributed by atoms with Gasteiger partial charge in [-0.3, -0.25) is 0 Å². The zero-order valence-corrected chi connectivity index (χ0v) is 7.94. The van der Waals surface area contributed by atoms with Crippen LogP contribution in [0.25, 0.3) is 0 Å². The second kappa shape index (κ2) is 6.40. The molecule has 1 aliphatic rings. The maximum atomic E-state index is 4.96. The van der Waals surface area contributed by atoms with Gasteiger partial charge in [-0.1, -0.05) is 0 Å². The van der Waals surface area contributed by atoms with Gasteiger partial charge in [0, 0.05) is 26.3 Å². The average Bonchev–Trinajstić information content (AvgIpc) is 2.57. The van der Waals surface area contributed by atoms with Crippen molar-refractivity contribution in [3.8, 4) is 0 Å². The smallest absolute Gasteiger partial charge is 0.0474 e. The molecule has 1 atom stereocenters. The third-order valence-corrected chi connectivity index (χ3v) is 2.26. The number of nitrogens with one attached hydrogen (secondary N) is 2. The molecule has 0 aromatic rings. The van der Waals surface area contributed by atoms with E-state index in [4.69, 9.17) is 4.74 Å². The van der Waals surface area contributed by atoms with Gasteiger partial charge in [-0.15, -0.1) is 0 Å². The van der Waals surface area contributed by atoms with Crippen molar-refractivity contribution in [2.45, 2.75) is 25.3 Å². The molecule has 0 bridgehead atoms. The van der Waals surface area contributed by atoms with Crippen molar-refractivity contribution in [2.75, 3.05) is 33.4 Å². The van der Waals surface area contributed by atoms with E-state index in [2.05, 4.69) is 10.6 Å². The van der Waals surface area contributed by atoms with E-state index in [0.29, 0.717) is 6.04 Å². The molecule has 1 aliphatic heterocycles. The first-order chi connectivity index (χ1) is 5.93. The molecule has 1 rings (SSSR count). The van der Waals surface area contributed by atoms with Crippen LogP contribution in [0.4, 0.5) is 0 Å². The van der Waals surface area contributed by atoms with Crippen molar-refractivity contribution in [1.82, 2.24) is 10.6 Å². The maximum absolute atomic E-state index is 4.96. The highest BCUT2D eigenvalue weighted by molar-refractivity contribution is 4.75. The zero-order valence-electron chi connectivity index (χ0n) is 7.94. The fourth-order valence-corrected chi connectivity index (χ4v) is 1.55. The molecule has 72 valence electrons. The van der Waals surface area contributed by atoms with Crippen molar-refractivity contribution >= 4 is 0 Å². The van der Waals surface area contributed by atoms with E-state index in [1.54, 1.807) is 7.11 Å². The summed E-state index contributed by atoms with van der Waals surface area (Å²) >= 11 is 0. The Hall–Kier alpha value is -0.120. The Morgan fingerprint density at radius 1 is 1.58 bits per heavy atom. The lowest BCUT2D eigenvalue weighted by Crippen LogP contribution is -2.34. The van der Waals surface area contributed by atoms with Crippen LogP contribution < -0.4 is 10.6 Å². The summed E-state index contributed by atoms with van der Waals surface area (Å²) in [6.45, 7) is 4.26. The van der Waals surface area contributed by atoms with Crippen LogP contribution in [0.2, 0.25) is 0 Å². The molecule has 0 aromatic carbocycles. The summed E-state index contributed by atoms with van der Waals surface area (Å²) in [4.78, 5) is 0. The standard InChI is InChI=1S/C9H20N2O/c1-12-7-3-5-10-8-9-4-2-6-11-9/h9-11H,2-8H2,1H3. The highest BCUT2D eigenvalue weighted by atomic mass is 16.5. The number of methoxy groups -OCH3 is 1. The molecule has 0 saturated carbocycles. The van der Waals surface area contributed by atoms with Crippen LogP contribution in [-0.4, -0.2) is 39.4 Å². The van der Waals surface area contributed by atoms with Crippen molar-refractivity contribution in [2.24, 2.45) is 0 Å². The molecule has 0 aliphatic carbocycles. The minimum atomic E-state index is 0.715. The third-order valence-electron chi connectivity index (χ3n) is 2.26. The summed E-state index contributed by atoms with van der Waals surface area (Å²) in [6.07, 6.45) is 3.78. The predicted octanol–water partition coefficient (Wildman–Crippen LogP) is 0.364. The van der Waals surface area contributed by atoms with E-state index in [1.807, 2.05) is 0 Å². The second-order valence-corrected chi connectivity index (χ2v) is 3.34. The van der Waals surface area contributed by atoms with Crippen molar-refractivity contribution in [3.63, 3.8) is 0 Å². The van der Waals surface area contributed by atoms with Crippen molar-refractivity contribution < 1.29 is 4.74 Å². The Bertz CT molecular complexity index is 103. The first-order valence-corrected chi connectivity index (χ1v) is 4.86. The second-order valence-electron chi connectivity index (χ2n) is 3.34. The van der Waals surface area contributed by atoms with E-state index in [-0.39, 0.29) is 0 Å². The van der Waals surface area contributed by atoms with E-state index in [1.165, 1.54) is 19.4 Å². The van der Waals surface area contributed by atoms with Crippen LogP contribution in [0.15, 0.2) is 0 Å². The number of hydrogen-bond acceptors (Lipinski definition) is 3. The molecule has 1 fully saturated rings. The largest absolute Gasteiger partial charge is 0.385 e. The van der Waals surface area contributed by atoms with Gasteiger partial charge in [-0.2, -0.15) is 0 Å². The molecule has 12 heavy (non-hydrogen) atoms. The Morgan fingerprint density at radius 2 is 2.50 bits per heavy atom. The molecule has 1 heterocycles. The number of rotatable bonds is 6. The maximum Gasteiger partial charge on any atom is 0.0474 e. The van der Waals surface area contributed by atoms with Gasteiger partial charge in [0.1, 0.15) is 0 Å². The molecule has 1 unspecified atom stereocenters. The van der Waals surface area contributed by atoms with Gasteiger partial charge in [-0.25, -0.2) is 0 Å². The normalized spacial score (nSPS) is 23.2. The highest BCUT2D eigenvalue weighted by Crippen LogP contribution is 2.02. The molecule has 0 aromatic heterocycles. The third kappa shape index (κ3) is 4.04. The fraction of sp³-hybridized carbons (Fsp3) is 1.00. The Kier molecular flexibility index (Phi) is 5.32. The van der Waals surface area contributed by atoms with Crippen LogP contribution in [0, 0.1) is 0 Å². The lowest BCUT2D eigenvalue weighted by molar-refractivity contribution is 0.194. The van der Waals surface area contributed by atoms with Crippen molar-refractivity contribution in [1.29, 1.82) is 0 Å². The topological polar surface area (TPSA) is 33.3 Å². The fourth-order valence-electron chi connectivity index (χ4n) is 1.55. The first kappa shape index (κ1) is 9.96. The monoisotopic (exact) mass is 172 g/mol. The molecule has 1 saturated heterocycles. The molecular formula is C9H20N2O. The molecule has 3 heteroatoms. The SMILES string of the molecule is COCCCNCC1CCCN1. The van der Waals surface area contributed by atoms with Gasteiger partial charge < -0.3 is 15.4 Å². The summed E-state index contributed by atoms with van der Waals surface area (Å²) in [5, 5.41) is 6.87. The van der Waals surface area contributed by atoms with E-state index in [9.17, 15) is 0 Å². The predicted molar refractivity (Wildman–Crippen MR) is 50.4 cm³/mol. The van der Waals surface area contributed by atoms with E-state index < -0.39 is 0 Å². The van der Waals surface area contributed by atoms with Gasteiger partial charge in [-0.05, 0) is 32.4 Å². The summed E-state index contributed by atoms with van der Waals surface area (Å²) < 4.78 is 4.96. The summed E-state index contributed by atoms with van der Waals surface area (Å²) in [6, 6.07) is 0.715. The van der Waals surface area contributed by atoms with Gasteiger partial charge in [0.25, 0.3) is 0 Å². The lowest BCUT2D eigenvalue weighted by atomic mass is 10.2. The molecule has 3 nitrogen and oxygen atoms in total. The van der Waals surface area contributed by atoms with Crippen LogP contribution in [0.5, 0.6) is 0 Å². The minimum Gasteiger partial charge on any atom is -0.385 e. The van der Waals surface area contributed by atoms with Gasteiger partial charge in [0.05, 0.1) is 0 Å². The van der Waals surface area contributed by atoms with E-state index in [0.717, 1.165) is 26.1 Å². The van der Waals surface area contributed by atoms with Crippen molar-refractivity contribution in [3.05, 3.63) is 0 Å². The Labute approximate surface area is 74.9 Å². The number of hydrogen-bond donors (Lipinski definition) is 2. The molecule has 0 spiro atoms. The summed E-state index contributed by atoms with van der Waals surface area (Å²) in [7, 11) is 1.75. The van der Waals surface area contributed by atoms with Gasteiger partial charge >= 0.3 is 0 Å². The number of ether oxygens (including phenoxy) is 1. The van der Waals surface area contributed by atoms with Crippen LogP contribution in [-0.2, 0) is 4.74 Å². The Balaban J connectivity index is 1.81. The van der Waals surface area contributed by atoms with Crippen LogP contribution in [0.1, 0.15) is 19.3 Å². The summed E-state index contributed by atoms with van der Waals surface area (Å²) in [5.41, 5.74) is 0.